The largest absolute Gasteiger partial charge is 0.490 e. The Balaban J connectivity index is 1.84. The molecule has 2 rings (SSSR count). The number of halogens is 1. The van der Waals surface area contributed by atoms with Crippen molar-refractivity contribution >= 4 is 28.1 Å². The first-order valence-corrected chi connectivity index (χ1v) is 7.90. The Kier molecular flexibility index (Phi) is 6.62. The molecule has 0 unspecified atom stereocenters. The van der Waals surface area contributed by atoms with Crippen LogP contribution in [0, 0.1) is 0 Å². The number of benzene rings is 2. The first kappa shape index (κ1) is 17.0. The van der Waals surface area contributed by atoms with Crippen molar-refractivity contribution in [3.8, 4) is 11.5 Å². The molecular formula is C17H17BrN2O3. The quantitative estimate of drug-likeness (QED) is 0.595. The third-order valence-corrected chi connectivity index (χ3v) is 3.25. The summed E-state index contributed by atoms with van der Waals surface area (Å²) in [6.07, 6.45) is 1.57. The smallest absolute Gasteiger partial charge is 0.277 e. The number of carbonyl (C=O) groups is 1. The lowest BCUT2D eigenvalue weighted by Crippen LogP contribution is -2.24. The Hall–Kier alpha value is -2.34. The summed E-state index contributed by atoms with van der Waals surface area (Å²) in [5.41, 5.74) is 3.30. The van der Waals surface area contributed by atoms with Gasteiger partial charge in [0.25, 0.3) is 5.91 Å². The molecule has 0 fully saturated rings. The van der Waals surface area contributed by atoms with Crippen molar-refractivity contribution in [2.45, 2.75) is 6.92 Å². The highest BCUT2D eigenvalue weighted by Gasteiger charge is 2.06. The number of hydrazone groups is 1. The van der Waals surface area contributed by atoms with Crippen LogP contribution in [0.25, 0.3) is 0 Å². The Morgan fingerprint density at radius 2 is 1.91 bits per heavy atom. The summed E-state index contributed by atoms with van der Waals surface area (Å²) in [6, 6.07) is 14.8. The molecule has 2 aromatic rings. The summed E-state index contributed by atoms with van der Waals surface area (Å²) in [4.78, 5) is 11.7. The van der Waals surface area contributed by atoms with Gasteiger partial charge in [-0.3, -0.25) is 4.79 Å². The third kappa shape index (κ3) is 5.75. The molecule has 1 amide bonds. The fourth-order valence-corrected chi connectivity index (χ4v) is 2.20. The van der Waals surface area contributed by atoms with E-state index in [-0.39, 0.29) is 12.5 Å². The van der Waals surface area contributed by atoms with Crippen molar-refractivity contribution in [2.75, 3.05) is 13.2 Å². The van der Waals surface area contributed by atoms with E-state index >= 15 is 0 Å². The summed E-state index contributed by atoms with van der Waals surface area (Å²) in [6.45, 7) is 2.28. The molecule has 0 aliphatic rings. The molecule has 0 radical (unpaired) electrons. The van der Waals surface area contributed by atoms with E-state index in [1.165, 1.54) is 0 Å². The van der Waals surface area contributed by atoms with Crippen LogP contribution in [0.4, 0.5) is 0 Å². The average molecular weight is 377 g/mol. The van der Waals surface area contributed by atoms with E-state index in [1.54, 1.807) is 18.3 Å². The standard InChI is InChI=1S/C17H17BrN2O3/c1-2-22-15-8-3-4-9-16(15)23-12-17(21)20-19-11-13-6-5-7-14(18)10-13/h3-11H,2,12H2,1H3,(H,20,21)/b19-11-. The summed E-state index contributed by atoms with van der Waals surface area (Å²) in [5.74, 6) is 0.795. The van der Waals surface area contributed by atoms with E-state index in [1.807, 2.05) is 43.3 Å². The Morgan fingerprint density at radius 3 is 2.61 bits per heavy atom. The van der Waals surface area contributed by atoms with Crippen LogP contribution < -0.4 is 14.9 Å². The number of rotatable bonds is 7. The third-order valence-electron chi connectivity index (χ3n) is 2.76. The number of para-hydroxylation sites is 2. The number of nitrogens with one attached hydrogen (secondary N) is 1. The van der Waals surface area contributed by atoms with E-state index in [0.717, 1.165) is 10.0 Å². The minimum Gasteiger partial charge on any atom is -0.490 e. The van der Waals surface area contributed by atoms with Crippen LogP contribution in [-0.4, -0.2) is 25.3 Å². The predicted octanol–water partition coefficient (Wildman–Crippen LogP) is 3.38. The van der Waals surface area contributed by atoms with Gasteiger partial charge in [-0.2, -0.15) is 5.10 Å². The molecule has 0 heterocycles. The molecule has 0 bridgehead atoms. The van der Waals surface area contributed by atoms with Gasteiger partial charge in [0.05, 0.1) is 12.8 Å². The Labute approximate surface area is 143 Å². The lowest BCUT2D eigenvalue weighted by Gasteiger charge is -2.10. The molecule has 23 heavy (non-hydrogen) atoms. The van der Waals surface area contributed by atoms with Gasteiger partial charge in [0.2, 0.25) is 0 Å². The SMILES string of the molecule is CCOc1ccccc1OCC(=O)N/N=C\c1cccc(Br)c1. The number of carbonyl (C=O) groups excluding carboxylic acids is 1. The molecule has 0 saturated heterocycles. The fourth-order valence-electron chi connectivity index (χ4n) is 1.79. The number of ether oxygens (including phenoxy) is 2. The predicted molar refractivity (Wildman–Crippen MR) is 93.0 cm³/mol. The molecule has 0 aliphatic heterocycles. The van der Waals surface area contributed by atoms with Crippen LogP contribution in [-0.2, 0) is 4.79 Å². The zero-order valence-corrected chi connectivity index (χ0v) is 14.2. The second-order valence-electron chi connectivity index (χ2n) is 4.52. The van der Waals surface area contributed by atoms with Crippen molar-refractivity contribution in [1.29, 1.82) is 0 Å². The molecule has 1 N–H and O–H groups in total. The number of hydrogen-bond donors (Lipinski definition) is 1. The maximum atomic E-state index is 11.7. The molecule has 120 valence electrons. The first-order valence-electron chi connectivity index (χ1n) is 7.11. The monoisotopic (exact) mass is 376 g/mol. The van der Waals surface area contributed by atoms with Crippen molar-refractivity contribution in [3.63, 3.8) is 0 Å². The van der Waals surface area contributed by atoms with Crippen LogP contribution in [0.3, 0.4) is 0 Å². The topological polar surface area (TPSA) is 59.9 Å². The van der Waals surface area contributed by atoms with Crippen molar-refractivity contribution < 1.29 is 14.3 Å². The Morgan fingerprint density at radius 1 is 1.17 bits per heavy atom. The van der Waals surface area contributed by atoms with Gasteiger partial charge in [0, 0.05) is 4.47 Å². The molecule has 0 aromatic heterocycles. The maximum Gasteiger partial charge on any atom is 0.277 e. The van der Waals surface area contributed by atoms with Gasteiger partial charge in [-0.1, -0.05) is 40.2 Å². The highest BCUT2D eigenvalue weighted by molar-refractivity contribution is 9.10. The summed E-state index contributed by atoms with van der Waals surface area (Å²) >= 11 is 3.37. The first-order chi connectivity index (χ1) is 11.2. The van der Waals surface area contributed by atoms with Gasteiger partial charge in [0.15, 0.2) is 18.1 Å². The lowest BCUT2D eigenvalue weighted by atomic mass is 10.2. The zero-order valence-electron chi connectivity index (χ0n) is 12.7. The molecular weight excluding hydrogens is 360 g/mol. The molecule has 0 spiro atoms. The van der Waals surface area contributed by atoms with Crippen LogP contribution in [0.5, 0.6) is 11.5 Å². The molecule has 5 nitrogen and oxygen atoms in total. The minimum absolute atomic E-state index is 0.139. The molecule has 0 saturated carbocycles. The highest BCUT2D eigenvalue weighted by atomic mass is 79.9. The van der Waals surface area contributed by atoms with Crippen LogP contribution in [0.2, 0.25) is 0 Å². The zero-order chi connectivity index (χ0) is 16.5. The van der Waals surface area contributed by atoms with Gasteiger partial charge in [-0.25, -0.2) is 5.43 Å². The molecule has 0 atom stereocenters. The van der Waals surface area contributed by atoms with Gasteiger partial charge in [-0.05, 0) is 36.8 Å². The van der Waals surface area contributed by atoms with Crippen molar-refractivity contribution in [2.24, 2.45) is 5.10 Å². The molecule has 0 aliphatic carbocycles. The minimum atomic E-state index is -0.345. The lowest BCUT2D eigenvalue weighted by molar-refractivity contribution is -0.123. The number of hydrogen-bond acceptors (Lipinski definition) is 4. The van der Waals surface area contributed by atoms with Gasteiger partial charge in [0.1, 0.15) is 0 Å². The number of nitrogens with zero attached hydrogens (tertiary/aromatic N) is 1. The normalized spacial score (nSPS) is 10.5. The van der Waals surface area contributed by atoms with E-state index in [0.29, 0.717) is 18.1 Å². The number of amides is 1. The fraction of sp³-hybridized carbons (Fsp3) is 0.176. The summed E-state index contributed by atoms with van der Waals surface area (Å²) in [7, 11) is 0. The van der Waals surface area contributed by atoms with Crippen LogP contribution in [0.1, 0.15) is 12.5 Å². The van der Waals surface area contributed by atoms with Gasteiger partial charge < -0.3 is 9.47 Å². The van der Waals surface area contributed by atoms with Crippen LogP contribution in [0.15, 0.2) is 58.1 Å². The maximum absolute atomic E-state index is 11.7. The second kappa shape index (κ2) is 8.95. The average Bonchev–Trinajstić information content (AvgIpc) is 2.54. The van der Waals surface area contributed by atoms with Crippen LogP contribution >= 0.6 is 15.9 Å². The van der Waals surface area contributed by atoms with E-state index in [4.69, 9.17) is 9.47 Å². The van der Waals surface area contributed by atoms with Crippen molar-refractivity contribution in [3.05, 3.63) is 58.6 Å². The van der Waals surface area contributed by atoms with Crippen molar-refractivity contribution in [1.82, 2.24) is 5.43 Å². The second-order valence-corrected chi connectivity index (χ2v) is 5.43. The summed E-state index contributed by atoms with van der Waals surface area (Å²) in [5, 5.41) is 3.90. The molecule has 6 heteroatoms. The van der Waals surface area contributed by atoms with E-state index < -0.39 is 0 Å². The van der Waals surface area contributed by atoms with E-state index in [2.05, 4.69) is 26.5 Å². The van der Waals surface area contributed by atoms with Gasteiger partial charge in [-0.15, -0.1) is 0 Å². The molecule has 2 aromatic carbocycles. The highest BCUT2D eigenvalue weighted by Crippen LogP contribution is 2.26. The van der Waals surface area contributed by atoms with E-state index in [9.17, 15) is 4.79 Å². The van der Waals surface area contributed by atoms with Gasteiger partial charge >= 0.3 is 0 Å². The summed E-state index contributed by atoms with van der Waals surface area (Å²) < 4.78 is 11.8. The Bertz CT molecular complexity index is 689.